The average molecular weight is 550 g/mol. The highest BCUT2D eigenvalue weighted by Crippen LogP contribution is 2.40. The molecule has 0 atom stereocenters. The zero-order valence-corrected chi connectivity index (χ0v) is 20.3. The van der Waals surface area contributed by atoms with Gasteiger partial charge in [0, 0.05) is 6.07 Å². The SMILES string of the molecule is COc1ccc(N=C2NC(=O)/C(=C/c3ccc(Oc4ccc(C(F)(F)F)cc4[N+](=O)[O-])c(Cl)c3)S2)cc1. The molecule has 4 rings (SSSR count). The summed E-state index contributed by atoms with van der Waals surface area (Å²) in [6, 6.07) is 13.3. The molecular formula is C24H15ClF3N3O5S. The molecule has 0 aromatic heterocycles. The van der Waals surface area contributed by atoms with Gasteiger partial charge >= 0.3 is 11.9 Å². The largest absolute Gasteiger partial charge is 0.497 e. The Kier molecular flexibility index (Phi) is 7.41. The number of nitrogens with zero attached hydrogens (tertiary/aromatic N) is 2. The van der Waals surface area contributed by atoms with Crippen LogP contribution in [0.4, 0.5) is 24.5 Å². The Morgan fingerprint density at radius 3 is 2.41 bits per heavy atom. The van der Waals surface area contributed by atoms with Gasteiger partial charge in [-0.1, -0.05) is 17.7 Å². The first-order chi connectivity index (χ1) is 17.5. The maximum atomic E-state index is 12.9. The van der Waals surface area contributed by atoms with Crippen molar-refractivity contribution >= 4 is 51.9 Å². The smallest absolute Gasteiger partial charge is 0.416 e. The van der Waals surface area contributed by atoms with Gasteiger partial charge in [0.2, 0.25) is 5.75 Å². The van der Waals surface area contributed by atoms with Gasteiger partial charge in [0.15, 0.2) is 5.17 Å². The van der Waals surface area contributed by atoms with E-state index in [1.807, 2.05) is 0 Å². The van der Waals surface area contributed by atoms with Gasteiger partial charge in [-0.05, 0) is 71.9 Å². The van der Waals surface area contributed by atoms with Crippen molar-refractivity contribution in [1.82, 2.24) is 5.32 Å². The van der Waals surface area contributed by atoms with Gasteiger partial charge in [-0.3, -0.25) is 14.9 Å². The number of halogens is 4. The number of carbonyl (C=O) groups is 1. The van der Waals surface area contributed by atoms with Gasteiger partial charge in [0.05, 0.1) is 33.2 Å². The number of nitro benzene ring substituents is 1. The number of ether oxygens (including phenoxy) is 2. The van der Waals surface area contributed by atoms with Crippen LogP contribution in [-0.4, -0.2) is 23.1 Å². The first kappa shape index (κ1) is 26.0. The highest BCUT2D eigenvalue weighted by molar-refractivity contribution is 8.18. The summed E-state index contributed by atoms with van der Waals surface area (Å²) in [7, 11) is 1.55. The van der Waals surface area contributed by atoms with Crippen LogP contribution in [0, 0.1) is 10.1 Å². The third kappa shape index (κ3) is 6.22. The normalized spacial score (nSPS) is 15.6. The molecule has 8 nitrogen and oxygen atoms in total. The Balaban J connectivity index is 1.53. The van der Waals surface area contributed by atoms with Crippen molar-refractivity contribution in [3.8, 4) is 17.2 Å². The summed E-state index contributed by atoms with van der Waals surface area (Å²) >= 11 is 7.37. The molecule has 0 spiro atoms. The summed E-state index contributed by atoms with van der Waals surface area (Å²) in [6.45, 7) is 0. The number of nitro groups is 1. The molecule has 1 heterocycles. The van der Waals surface area contributed by atoms with Crippen molar-refractivity contribution in [2.75, 3.05) is 7.11 Å². The van der Waals surface area contributed by atoms with Crippen molar-refractivity contribution in [3.63, 3.8) is 0 Å². The van der Waals surface area contributed by atoms with Crippen LogP contribution in [0.2, 0.25) is 5.02 Å². The fourth-order valence-corrected chi connectivity index (χ4v) is 4.21. The van der Waals surface area contributed by atoms with E-state index in [2.05, 4.69) is 10.3 Å². The molecule has 1 amide bonds. The number of alkyl halides is 3. The molecule has 1 saturated heterocycles. The fourth-order valence-electron chi connectivity index (χ4n) is 3.14. The summed E-state index contributed by atoms with van der Waals surface area (Å²) in [6.07, 6.45) is -3.19. The second kappa shape index (κ2) is 10.5. The van der Waals surface area contributed by atoms with Crippen LogP contribution in [-0.2, 0) is 11.0 Å². The third-order valence-corrected chi connectivity index (χ3v) is 6.12. The molecule has 0 aliphatic carbocycles. The topological polar surface area (TPSA) is 103 Å². The van der Waals surface area contributed by atoms with Crippen molar-refractivity contribution in [1.29, 1.82) is 0 Å². The van der Waals surface area contributed by atoms with Crippen molar-refractivity contribution in [2.45, 2.75) is 6.18 Å². The first-order valence-electron chi connectivity index (χ1n) is 10.3. The van der Waals surface area contributed by atoms with E-state index < -0.39 is 28.1 Å². The molecule has 1 aliphatic heterocycles. The molecular weight excluding hydrogens is 535 g/mol. The number of hydrogen-bond donors (Lipinski definition) is 1. The fraction of sp³-hybridized carbons (Fsp3) is 0.0833. The Morgan fingerprint density at radius 2 is 1.78 bits per heavy atom. The first-order valence-corrected chi connectivity index (χ1v) is 11.5. The highest BCUT2D eigenvalue weighted by Gasteiger charge is 2.33. The van der Waals surface area contributed by atoms with Gasteiger partial charge in [-0.2, -0.15) is 13.2 Å². The maximum Gasteiger partial charge on any atom is 0.416 e. The van der Waals surface area contributed by atoms with Crippen LogP contribution in [0.5, 0.6) is 17.2 Å². The van der Waals surface area contributed by atoms with Crippen LogP contribution in [0.25, 0.3) is 6.08 Å². The van der Waals surface area contributed by atoms with Gasteiger partial charge in [-0.15, -0.1) is 0 Å². The Labute approximate surface area is 216 Å². The molecule has 0 radical (unpaired) electrons. The monoisotopic (exact) mass is 549 g/mol. The van der Waals surface area contributed by atoms with Gasteiger partial charge in [-0.25, -0.2) is 4.99 Å². The minimum atomic E-state index is -4.75. The number of benzene rings is 3. The number of thioether (sulfide) groups is 1. The maximum absolute atomic E-state index is 12.9. The molecule has 37 heavy (non-hydrogen) atoms. The summed E-state index contributed by atoms with van der Waals surface area (Å²) in [5.74, 6) is -0.118. The summed E-state index contributed by atoms with van der Waals surface area (Å²) < 4.78 is 49.3. The Bertz CT molecular complexity index is 1440. The molecule has 0 saturated carbocycles. The van der Waals surface area contributed by atoms with E-state index in [4.69, 9.17) is 21.1 Å². The van der Waals surface area contributed by atoms with Crippen molar-refractivity contribution in [2.24, 2.45) is 4.99 Å². The Morgan fingerprint density at radius 1 is 1.08 bits per heavy atom. The lowest BCUT2D eigenvalue weighted by molar-refractivity contribution is -0.385. The van der Waals surface area contributed by atoms with E-state index in [0.29, 0.717) is 39.2 Å². The standard InChI is InChI=1S/C24H15ClF3N3O5S/c1-35-16-6-4-15(5-7-16)29-23-30-22(32)21(37-23)11-13-2-8-19(17(25)10-13)36-20-9-3-14(24(26,27)28)12-18(20)31(33)34/h2-12H,1H3,(H,29,30,32)/b21-11-. The van der Waals surface area contributed by atoms with Gasteiger partial charge in [0.25, 0.3) is 5.91 Å². The van der Waals surface area contributed by atoms with E-state index >= 15 is 0 Å². The number of carbonyl (C=O) groups excluding carboxylic acids is 1. The quantitative estimate of drug-likeness (QED) is 0.202. The van der Waals surface area contributed by atoms with Crippen LogP contribution in [0.1, 0.15) is 11.1 Å². The average Bonchev–Trinajstić information content (AvgIpc) is 3.18. The summed E-state index contributed by atoms with van der Waals surface area (Å²) in [5.41, 5.74) is -0.906. The predicted octanol–water partition coefficient (Wildman–Crippen LogP) is 6.96. The minimum absolute atomic E-state index is 0.0167. The number of amides is 1. The van der Waals surface area contributed by atoms with Crippen LogP contribution in [0.15, 0.2) is 70.6 Å². The molecule has 0 unspecified atom stereocenters. The van der Waals surface area contributed by atoms with Gasteiger partial charge in [0.1, 0.15) is 11.5 Å². The molecule has 1 N–H and O–H groups in total. The van der Waals surface area contributed by atoms with Gasteiger partial charge < -0.3 is 14.8 Å². The van der Waals surface area contributed by atoms with E-state index in [1.165, 1.54) is 18.2 Å². The number of rotatable bonds is 6. The van der Waals surface area contributed by atoms with E-state index in [1.54, 1.807) is 37.5 Å². The zero-order chi connectivity index (χ0) is 26.7. The second-order valence-electron chi connectivity index (χ2n) is 7.41. The summed E-state index contributed by atoms with van der Waals surface area (Å²) in [5, 5.41) is 14.4. The number of nitrogens with one attached hydrogen (secondary N) is 1. The number of aliphatic imine (C=N–C) groups is 1. The van der Waals surface area contributed by atoms with E-state index in [-0.39, 0.29) is 16.7 Å². The molecule has 1 aliphatic rings. The van der Waals surface area contributed by atoms with Crippen LogP contribution >= 0.6 is 23.4 Å². The number of methoxy groups -OCH3 is 1. The van der Waals surface area contributed by atoms with Crippen LogP contribution < -0.4 is 14.8 Å². The van der Waals surface area contributed by atoms with E-state index in [9.17, 15) is 28.1 Å². The molecule has 13 heteroatoms. The molecule has 3 aromatic carbocycles. The molecule has 190 valence electrons. The van der Waals surface area contributed by atoms with Crippen molar-refractivity contribution in [3.05, 3.63) is 91.8 Å². The summed E-state index contributed by atoms with van der Waals surface area (Å²) in [4.78, 5) is 27.4. The molecule has 0 bridgehead atoms. The van der Waals surface area contributed by atoms with E-state index in [0.717, 1.165) is 17.8 Å². The second-order valence-corrected chi connectivity index (χ2v) is 8.85. The number of hydrogen-bond acceptors (Lipinski definition) is 7. The molecule has 1 fully saturated rings. The lowest BCUT2D eigenvalue weighted by Gasteiger charge is -2.11. The number of amidine groups is 1. The zero-order valence-electron chi connectivity index (χ0n) is 18.7. The van der Waals surface area contributed by atoms with Crippen molar-refractivity contribution < 1.29 is 32.4 Å². The predicted molar refractivity (Wildman–Crippen MR) is 133 cm³/mol. The Hall–Kier alpha value is -4.03. The van der Waals surface area contributed by atoms with Crippen LogP contribution in [0.3, 0.4) is 0 Å². The lowest BCUT2D eigenvalue weighted by atomic mass is 10.1. The third-order valence-electron chi connectivity index (χ3n) is 4.91. The minimum Gasteiger partial charge on any atom is -0.497 e. The highest BCUT2D eigenvalue weighted by atomic mass is 35.5. The lowest BCUT2D eigenvalue weighted by Crippen LogP contribution is -2.19. The molecule has 3 aromatic rings.